The maximum atomic E-state index is 5.83. The molecule has 0 saturated heterocycles. The van der Waals surface area contributed by atoms with Crippen LogP contribution in [0.25, 0.3) is 0 Å². The third-order valence-corrected chi connectivity index (χ3v) is 4.37. The summed E-state index contributed by atoms with van der Waals surface area (Å²) in [6, 6.07) is 1.21. The highest BCUT2D eigenvalue weighted by atomic mass is 16.5. The highest BCUT2D eigenvalue weighted by Gasteiger charge is 2.30. The maximum absolute atomic E-state index is 5.83. The largest absolute Gasteiger partial charge is 0.381 e. The molecule has 0 bridgehead atoms. The zero-order chi connectivity index (χ0) is 11.5. The number of methoxy groups -OCH3 is 1. The van der Waals surface area contributed by atoms with Crippen molar-refractivity contribution < 1.29 is 4.74 Å². The smallest absolute Gasteiger partial charge is 0.0586 e. The van der Waals surface area contributed by atoms with Crippen molar-refractivity contribution in [2.24, 2.45) is 11.7 Å². The van der Waals surface area contributed by atoms with Crippen molar-refractivity contribution in [1.82, 2.24) is 4.90 Å². The minimum absolute atomic E-state index is 0.483. The van der Waals surface area contributed by atoms with Crippen molar-refractivity contribution in [2.75, 3.05) is 20.7 Å². The van der Waals surface area contributed by atoms with Crippen LogP contribution < -0.4 is 5.73 Å². The minimum Gasteiger partial charge on any atom is -0.381 e. The lowest BCUT2D eigenvalue weighted by molar-refractivity contribution is 0.0264. The van der Waals surface area contributed by atoms with Gasteiger partial charge in [0.25, 0.3) is 0 Å². The van der Waals surface area contributed by atoms with Crippen LogP contribution in [-0.2, 0) is 4.74 Å². The van der Waals surface area contributed by atoms with Crippen LogP contribution in [0.4, 0.5) is 0 Å². The van der Waals surface area contributed by atoms with Gasteiger partial charge in [0, 0.05) is 25.7 Å². The van der Waals surface area contributed by atoms with Gasteiger partial charge in [0.1, 0.15) is 0 Å². The van der Waals surface area contributed by atoms with Crippen LogP contribution >= 0.6 is 0 Å². The van der Waals surface area contributed by atoms with Gasteiger partial charge in [-0.3, -0.25) is 0 Å². The number of hydrogen-bond donors (Lipinski definition) is 1. The normalized spacial score (nSPS) is 39.8. The fourth-order valence-corrected chi connectivity index (χ4v) is 3.23. The molecule has 0 aromatic rings. The molecule has 0 spiro atoms. The lowest BCUT2D eigenvalue weighted by Gasteiger charge is -2.40. The van der Waals surface area contributed by atoms with Gasteiger partial charge in [0.05, 0.1) is 6.10 Å². The zero-order valence-corrected chi connectivity index (χ0v) is 10.7. The Kier molecular flexibility index (Phi) is 4.22. The third-order valence-electron chi connectivity index (χ3n) is 4.37. The SMILES string of the molecule is COC1CCCC(N(C)CC2CC(N)C2)C1. The van der Waals surface area contributed by atoms with Gasteiger partial charge in [0.15, 0.2) is 0 Å². The van der Waals surface area contributed by atoms with E-state index in [1.54, 1.807) is 0 Å². The maximum Gasteiger partial charge on any atom is 0.0586 e. The number of rotatable bonds is 4. The predicted octanol–water partition coefficient (Wildman–Crippen LogP) is 1.61. The second-order valence-electron chi connectivity index (χ2n) is 5.72. The molecule has 2 saturated carbocycles. The van der Waals surface area contributed by atoms with Gasteiger partial charge in [-0.05, 0) is 51.5 Å². The Morgan fingerprint density at radius 3 is 2.62 bits per heavy atom. The third kappa shape index (κ3) is 2.96. The zero-order valence-electron chi connectivity index (χ0n) is 10.7. The summed E-state index contributed by atoms with van der Waals surface area (Å²) in [5.41, 5.74) is 5.83. The van der Waals surface area contributed by atoms with Gasteiger partial charge in [0.2, 0.25) is 0 Å². The Balaban J connectivity index is 1.73. The Bertz CT molecular complexity index is 216. The summed E-state index contributed by atoms with van der Waals surface area (Å²) < 4.78 is 5.49. The van der Waals surface area contributed by atoms with Crippen LogP contribution in [0.5, 0.6) is 0 Å². The molecule has 3 nitrogen and oxygen atoms in total. The lowest BCUT2D eigenvalue weighted by atomic mass is 9.80. The molecule has 0 amide bonds. The molecule has 0 aromatic heterocycles. The molecule has 2 aliphatic carbocycles. The molecule has 2 N–H and O–H groups in total. The molecule has 3 heteroatoms. The van der Waals surface area contributed by atoms with E-state index in [2.05, 4.69) is 11.9 Å². The van der Waals surface area contributed by atoms with E-state index in [0.29, 0.717) is 12.1 Å². The molecule has 94 valence electrons. The monoisotopic (exact) mass is 226 g/mol. The molecule has 2 unspecified atom stereocenters. The number of nitrogens with two attached hydrogens (primary N) is 1. The van der Waals surface area contributed by atoms with E-state index in [1.165, 1.54) is 45.1 Å². The van der Waals surface area contributed by atoms with E-state index >= 15 is 0 Å². The topological polar surface area (TPSA) is 38.5 Å². The molecule has 0 aromatic carbocycles. The summed E-state index contributed by atoms with van der Waals surface area (Å²) in [7, 11) is 4.12. The van der Waals surface area contributed by atoms with Gasteiger partial charge in [-0.2, -0.15) is 0 Å². The van der Waals surface area contributed by atoms with E-state index in [4.69, 9.17) is 10.5 Å². The first kappa shape index (κ1) is 12.3. The average molecular weight is 226 g/mol. The summed E-state index contributed by atoms with van der Waals surface area (Å²) in [5.74, 6) is 0.850. The summed E-state index contributed by atoms with van der Waals surface area (Å²) in [5, 5.41) is 0. The van der Waals surface area contributed by atoms with Crippen molar-refractivity contribution in [3.63, 3.8) is 0 Å². The first-order valence-corrected chi connectivity index (χ1v) is 6.67. The number of nitrogens with zero attached hydrogens (tertiary/aromatic N) is 1. The molecule has 16 heavy (non-hydrogen) atoms. The highest BCUT2D eigenvalue weighted by Crippen LogP contribution is 2.29. The predicted molar refractivity (Wildman–Crippen MR) is 66.4 cm³/mol. The first-order valence-electron chi connectivity index (χ1n) is 6.67. The molecular formula is C13H26N2O. The van der Waals surface area contributed by atoms with Crippen molar-refractivity contribution in [2.45, 2.75) is 56.7 Å². The molecule has 2 rings (SSSR count). The summed E-state index contributed by atoms with van der Waals surface area (Å²) >= 11 is 0. The number of ether oxygens (including phenoxy) is 1. The van der Waals surface area contributed by atoms with Gasteiger partial charge in [-0.1, -0.05) is 0 Å². The summed E-state index contributed by atoms with van der Waals surface area (Å²) in [6.45, 7) is 1.23. The fraction of sp³-hybridized carbons (Fsp3) is 1.00. The fourth-order valence-electron chi connectivity index (χ4n) is 3.23. The van der Waals surface area contributed by atoms with E-state index in [9.17, 15) is 0 Å². The quantitative estimate of drug-likeness (QED) is 0.791. The van der Waals surface area contributed by atoms with Gasteiger partial charge < -0.3 is 15.4 Å². The summed E-state index contributed by atoms with van der Waals surface area (Å²) in [4.78, 5) is 2.54. The van der Waals surface area contributed by atoms with Gasteiger partial charge in [-0.15, -0.1) is 0 Å². The van der Waals surface area contributed by atoms with Crippen molar-refractivity contribution in [1.29, 1.82) is 0 Å². The second kappa shape index (κ2) is 5.48. The minimum atomic E-state index is 0.483. The highest BCUT2D eigenvalue weighted by molar-refractivity contribution is 4.86. The van der Waals surface area contributed by atoms with E-state index in [1.807, 2.05) is 7.11 Å². The molecule has 2 fully saturated rings. The van der Waals surface area contributed by atoms with Crippen LogP contribution in [0.2, 0.25) is 0 Å². The Morgan fingerprint density at radius 2 is 2.00 bits per heavy atom. The van der Waals surface area contributed by atoms with Crippen molar-refractivity contribution >= 4 is 0 Å². The molecule has 0 aliphatic heterocycles. The van der Waals surface area contributed by atoms with Crippen LogP contribution in [-0.4, -0.2) is 43.8 Å². The molecule has 2 aliphatic rings. The van der Waals surface area contributed by atoms with Crippen LogP contribution in [0.15, 0.2) is 0 Å². The van der Waals surface area contributed by atoms with Crippen LogP contribution in [0.3, 0.4) is 0 Å². The summed E-state index contributed by atoms with van der Waals surface area (Å²) in [6.07, 6.45) is 8.06. The second-order valence-corrected chi connectivity index (χ2v) is 5.72. The Morgan fingerprint density at radius 1 is 1.25 bits per heavy atom. The van der Waals surface area contributed by atoms with Gasteiger partial charge in [-0.25, -0.2) is 0 Å². The standard InChI is InChI=1S/C13H26N2O/c1-15(9-10-6-11(14)7-10)12-4-3-5-13(8-12)16-2/h10-13H,3-9,14H2,1-2H3. The number of hydrogen-bond acceptors (Lipinski definition) is 3. The average Bonchev–Trinajstić information content (AvgIpc) is 2.27. The Hall–Kier alpha value is -0.120. The van der Waals surface area contributed by atoms with Crippen LogP contribution in [0, 0.1) is 5.92 Å². The van der Waals surface area contributed by atoms with E-state index in [0.717, 1.165) is 12.0 Å². The van der Waals surface area contributed by atoms with Crippen molar-refractivity contribution in [3.05, 3.63) is 0 Å². The molecule has 0 heterocycles. The Labute approximate surface area is 99.3 Å². The molecular weight excluding hydrogens is 200 g/mol. The molecule has 0 radical (unpaired) electrons. The molecule has 2 atom stereocenters. The van der Waals surface area contributed by atoms with Crippen molar-refractivity contribution in [3.8, 4) is 0 Å². The van der Waals surface area contributed by atoms with E-state index in [-0.39, 0.29) is 0 Å². The van der Waals surface area contributed by atoms with Crippen LogP contribution in [0.1, 0.15) is 38.5 Å². The first-order chi connectivity index (χ1) is 7.69. The van der Waals surface area contributed by atoms with Gasteiger partial charge >= 0.3 is 0 Å². The lowest BCUT2D eigenvalue weighted by Crippen LogP contribution is -2.46. The van der Waals surface area contributed by atoms with E-state index < -0.39 is 0 Å².